The van der Waals surface area contributed by atoms with Gasteiger partial charge in [-0.3, -0.25) is 4.79 Å². The molecule has 0 bridgehead atoms. The molecule has 0 heterocycles. The van der Waals surface area contributed by atoms with Crippen molar-refractivity contribution in [2.45, 2.75) is 13.3 Å². The fraction of sp³-hybridized carbons (Fsp3) is 0.833. The Balaban J connectivity index is 4.31. The van der Waals surface area contributed by atoms with Crippen molar-refractivity contribution in [3.63, 3.8) is 0 Å². The largest absolute Gasteiger partial charge is 0.281 e. The second kappa shape index (κ2) is 4.42. The van der Waals surface area contributed by atoms with Crippen LogP contribution in [0.25, 0.3) is 0 Å². The smallest absolute Gasteiger partial charge is 0.230 e. The van der Waals surface area contributed by atoms with Crippen LogP contribution in [-0.2, 0) is 4.79 Å². The van der Waals surface area contributed by atoms with E-state index >= 15 is 0 Å². The summed E-state index contributed by atoms with van der Waals surface area (Å²) >= 11 is 16.4. The van der Waals surface area contributed by atoms with Gasteiger partial charge in [0.1, 0.15) is 0 Å². The minimum absolute atomic E-state index is 0.190. The summed E-state index contributed by atoms with van der Waals surface area (Å²) in [6.45, 7) is 1.84. The molecule has 0 N–H and O–H groups in total. The van der Waals surface area contributed by atoms with Crippen molar-refractivity contribution in [2.24, 2.45) is 5.41 Å². The SMILES string of the molecule is CCC(CCl)(CCl)C(=O)Cl. The van der Waals surface area contributed by atoms with Crippen molar-refractivity contribution >= 4 is 40.0 Å². The summed E-state index contributed by atoms with van der Waals surface area (Å²) in [4.78, 5) is 10.8. The molecule has 0 aliphatic carbocycles. The summed E-state index contributed by atoms with van der Waals surface area (Å²) in [6, 6.07) is 0. The Labute approximate surface area is 75.6 Å². The van der Waals surface area contributed by atoms with Crippen molar-refractivity contribution in [2.75, 3.05) is 11.8 Å². The first-order valence-corrected chi connectivity index (χ1v) is 4.39. The summed E-state index contributed by atoms with van der Waals surface area (Å²) in [5, 5.41) is -0.444. The number of hydrogen-bond acceptors (Lipinski definition) is 1. The molecule has 0 fully saturated rings. The molecule has 1 nitrogen and oxygen atoms in total. The highest BCUT2D eigenvalue weighted by molar-refractivity contribution is 6.65. The van der Waals surface area contributed by atoms with Gasteiger partial charge in [0.2, 0.25) is 5.24 Å². The van der Waals surface area contributed by atoms with Crippen LogP contribution in [0.3, 0.4) is 0 Å². The zero-order chi connectivity index (χ0) is 8.20. The molecule has 0 atom stereocenters. The van der Waals surface area contributed by atoms with Crippen molar-refractivity contribution in [3.05, 3.63) is 0 Å². The first-order chi connectivity index (χ1) is 4.63. The number of carbonyl (C=O) groups is 1. The summed E-state index contributed by atoms with van der Waals surface area (Å²) in [7, 11) is 0. The minimum Gasteiger partial charge on any atom is -0.281 e. The molecule has 0 saturated carbocycles. The van der Waals surface area contributed by atoms with Gasteiger partial charge >= 0.3 is 0 Å². The predicted molar refractivity (Wildman–Crippen MR) is 45.0 cm³/mol. The molecule has 0 aliphatic heterocycles. The van der Waals surface area contributed by atoms with Crippen LogP contribution >= 0.6 is 34.8 Å². The summed E-state index contributed by atoms with van der Waals surface area (Å²) < 4.78 is 0. The van der Waals surface area contributed by atoms with Gasteiger partial charge in [-0.15, -0.1) is 23.2 Å². The lowest BCUT2D eigenvalue weighted by atomic mass is 9.92. The molecule has 0 aromatic carbocycles. The number of rotatable bonds is 4. The monoisotopic (exact) mass is 202 g/mol. The topological polar surface area (TPSA) is 17.1 Å². The van der Waals surface area contributed by atoms with E-state index in [1.807, 2.05) is 6.92 Å². The van der Waals surface area contributed by atoms with Gasteiger partial charge < -0.3 is 0 Å². The van der Waals surface area contributed by atoms with E-state index in [0.29, 0.717) is 6.42 Å². The van der Waals surface area contributed by atoms with Crippen molar-refractivity contribution < 1.29 is 4.79 Å². The maximum absolute atomic E-state index is 10.8. The Morgan fingerprint density at radius 3 is 1.80 bits per heavy atom. The van der Waals surface area contributed by atoms with Crippen molar-refractivity contribution in [3.8, 4) is 0 Å². The maximum Gasteiger partial charge on any atom is 0.230 e. The molecular weight excluding hydrogens is 194 g/mol. The van der Waals surface area contributed by atoms with Crippen LogP contribution in [0.1, 0.15) is 13.3 Å². The predicted octanol–water partition coefficient (Wildman–Crippen LogP) is 2.63. The van der Waals surface area contributed by atoms with E-state index < -0.39 is 10.7 Å². The van der Waals surface area contributed by atoms with E-state index in [1.165, 1.54) is 0 Å². The summed E-state index contributed by atoms with van der Waals surface area (Å²) in [5.74, 6) is 0.380. The van der Waals surface area contributed by atoms with Crippen molar-refractivity contribution in [1.29, 1.82) is 0 Å². The van der Waals surface area contributed by atoms with Crippen LogP contribution in [-0.4, -0.2) is 17.0 Å². The minimum atomic E-state index is -0.718. The Kier molecular flexibility index (Phi) is 4.66. The Morgan fingerprint density at radius 2 is 1.80 bits per heavy atom. The molecule has 0 saturated heterocycles. The number of alkyl halides is 2. The molecular formula is C6H9Cl3O. The first-order valence-electron chi connectivity index (χ1n) is 2.95. The van der Waals surface area contributed by atoms with Crippen LogP contribution in [0, 0.1) is 5.41 Å². The molecule has 0 aromatic heterocycles. The van der Waals surface area contributed by atoms with Crippen LogP contribution in [0.2, 0.25) is 0 Å². The van der Waals surface area contributed by atoms with Crippen LogP contribution in [0.4, 0.5) is 0 Å². The quantitative estimate of drug-likeness (QED) is 0.507. The zero-order valence-electron chi connectivity index (χ0n) is 5.66. The number of halogens is 3. The van der Waals surface area contributed by atoms with Gasteiger partial charge in [0.25, 0.3) is 0 Å². The average Bonchev–Trinajstić information content (AvgIpc) is 1.92. The van der Waals surface area contributed by atoms with Crippen molar-refractivity contribution in [1.82, 2.24) is 0 Å². The normalized spacial score (nSPS) is 11.6. The second-order valence-corrected chi connectivity index (χ2v) is 3.05. The van der Waals surface area contributed by atoms with Gasteiger partial charge in [0.15, 0.2) is 0 Å². The number of hydrogen-bond donors (Lipinski definition) is 0. The lowest BCUT2D eigenvalue weighted by Gasteiger charge is -2.22. The molecule has 4 heteroatoms. The third-order valence-electron chi connectivity index (χ3n) is 1.61. The fourth-order valence-electron chi connectivity index (χ4n) is 0.469. The second-order valence-electron chi connectivity index (χ2n) is 2.17. The van der Waals surface area contributed by atoms with Gasteiger partial charge in [0.05, 0.1) is 5.41 Å². The van der Waals surface area contributed by atoms with E-state index in [1.54, 1.807) is 0 Å². The van der Waals surface area contributed by atoms with Gasteiger partial charge in [-0.05, 0) is 18.0 Å². The molecule has 60 valence electrons. The molecule has 10 heavy (non-hydrogen) atoms. The van der Waals surface area contributed by atoms with Crippen LogP contribution in [0.5, 0.6) is 0 Å². The van der Waals surface area contributed by atoms with Crippen LogP contribution < -0.4 is 0 Å². The van der Waals surface area contributed by atoms with Gasteiger partial charge in [-0.25, -0.2) is 0 Å². The third-order valence-corrected chi connectivity index (χ3v) is 3.03. The van der Waals surface area contributed by atoms with Gasteiger partial charge in [0, 0.05) is 11.8 Å². The maximum atomic E-state index is 10.8. The molecule has 0 amide bonds. The van der Waals surface area contributed by atoms with E-state index in [-0.39, 0.29) is 11.8 Å². The van der Waals surface area contributed by atoms with Crippen LogP contribution in [0.15, 0.2) is 0 Å². The van der Waals surface area contributed by atoms with E-state index in [9.17, 15) is 4.79 Å². The Hall–Kier alpha value is 0.540. The van der Waals surface area contributed by atoms with E-state index in [2.05, 4.69) is 0 Å². The lowest BCUT2D eigenvalue weighted by Crippen LogP contribution is -2.30. The third kappa shape index (κ3) is 2.01. The van der Waals surface area contributed by atoms with Gasteiger partial charge in [-0.1, -0.05) is 6.92 Å². The lowest BCUT2D eigenvalue weighted by molar-refractivity contribution is -0.118. The standard InChI is InChI=1S/C6H9Cl3O/c1-2-6(3-7,4-8)5(9)10/h2-4H2,1H3. The Bertz CT molecular complexity index is 112. The van der Waals surface area contributed by atoms with E-state index in [0.717, 1.165) is 0 Å². The number of carbonyl (C=O) groups excluding carboxylic acids is 1. The Morgan fingerprint density at radius 1 is 1.40 bits per heavy atom. The highest BCUT2D eigenvalue weighted by Gasteiger charge is 2.33. The first kappa shape index (κ1) is 10.5. The molecule has 0 aromatic rings. The summed E-state index contributed by atoms with van der Waals surface area (Å²) in [6.07, 6.45) is 0.586. The zero-order valence-corrected chi connectivity index (χ0v) is 7.93. The fourth-order valence-corrected chi connectivity index (χ4v) is 1.78. The molecule has 0 spiro atoms. The molecule has 0 aliphatic rings. The van der Waals surface area contributed by atoms with E-state index in [4.69, 9.17) is 34.8 Å². The molecule has 0 unspecified atom stereocenters. The molecule has 0 rings (SSSR count). The molecule has 0 radical (unpaired) electrons. The average molecular weight is 203 g/mol. The highest BCUT2D eigenvalue weighted by Crippen LogP contribution is 2.28. The highest BCUT2D eigenvalue weighted by atomic mass is 35.5. The van der Waals surface area contributed by atoms with Gasteiger partial charge in [-0.2, -0.15) is 0 Å². The summed E-state index contributed by atoms with van der Waals surface area (Å²) in [5.41, 5.74) is -0.718.